The summed E-state index contributed by atoms with van der Waals surface area (Å²) in [7, 11) is 0. The maximum absolute atomic E-state index is 13.1. The SMILES string of the molecule is CC(O)C(NC(=O)C(N)CCC(=O)O)C(=O)NC(Cc1c[nH]c2ccccc12)C(=O)NC(CC(=O)O)C(=O)O. The number of aliphatic carboxylic acids is 3. The van der Waals surface area contributed by atoms with Crippen molar-refractivity contribution >= 4 is 46.5 Å². The van der Waals surface area contributed by atoms with Crippen LogP contribution in [0.25, 0.3) is 10.9 Å². The standard InChI is InChI=1S/C24H31N5O10/c1-11(30)20(29-21(35)14(25)6-7-18(31)32)23(37)27-16(22(36)28-17(24(38)39)9-19(33)34)8-12-10-26-15-5-3-2-4-13(12)15/h2-5,10-11,14,16-17,20,26,30H,6-9,25H2,1H3,(H,27,37)(H,28,36)(H,29,35)(H,31,32)(H,33,34)(H,38,39). The molecule has 0 aliphatic carbocycles. The summed E-state index contributed by atoms with van der Waals surface area (Å²) in [6.45, 7) is 1.19. The molecule has 39 heavy (non-hydrogen) atoms. The number of carboxylic acids is 3. The molecule has 0 bridgehead atoms. The molecule has 10 N–H and O–H groups in total. The zero-order chi connectivity index (χ0) is 29.3. The van der Waals surface area contributed by atoms with Crippen molar-refractivity contribution in [1.29, 1.82) is 0 Å². The summed E-state index contributed by atoms with van der Waals surface area (Å²) in [4.78, 5) is 74.9. The minimum absolute atomic E-state index is 0.167. The molecule has 0 aliphatic heterocycles. The molecule has 0 spiro atoms. The van der Waals surface area contributed by atoms with E-state index >= 15 is 0 Å². The number of nitrogens with two attached hydrogens (primary N) is 1. The van der Waals surface area contributed by atoms with Gasteiger partial charge in [-0.1, -0.05) is 18.2 Å². The van der Waals surface area contributed by atoms with Gasteiger partial charge >= 0.3 is 17.9 Å². The van der Waals surface area contributed by atoms with Gasteiger partial charge in [0.15, 0.2) is 0 Å². The van der Waals surface area contributed by atoms with Crippen LogP contribution in [0.5, 0.6) is 0 Å². The second-order valence-corrected chi connectivity index (χ2v) is 8.89. The maximum Gasteiger partial charge on any atom is 0.326 e. The molecule has 1 aromatic heterocycles. The molecule has 5 unspecified atom stereocenters. The van der Waals surface area contributed by atoms with E-state index in [1.807, 2.05) is 0 Å². The molecule has 1 aromatic carbocycles. The fourth-order valence-electron chi connectivity index (χ4n) is 3.71. The van der Waals surface area contributed by atoms with Crippen molar-refractivity contribution in [2.24, 2.45) is 5.73 Å². The lowest BCUT2D eigenvalue weighted by Gasteiger charge is -2.26. The Bertz CT molecular complexity index is 1230. The number of benzene rings is 1. The quantitative estimate of drug-likeness (QED) is 0.121. The predicted octanol–water partition coefficient (Wildman–Crippen LogP) is -1.70. The maximum atomic E-state index is 13.1. The number of carbonyl (C=O) groups is 6. The second-order valence-electron chi connectivity index (χ2n) is 8.89. The van der Waals surface area contributed by atoms with E-state index in [4.69, 9.17) is 15.9 Å². The predicted molar refractivity (Wildman–Crippen MR) is 134 cm³/mol. The number of fused-ring (bicyclic) bond motifs is 1. The molecule has 0 fully saturated rings. The van der Waals surface area contributed by atoms with E-state index in [-0.39, 0.29) is 12.8 Å². The Kier molecular flexibility index (Phi) is 10.9. The van der Waals surface area contributed by atoms with Crippen molar-refractivity contribution in [3.8, 4) is 0 Å². The smallest absolute Gasteiger partial charge is 0.326 e. The number of hydrogen-bond donors (Lipinski definition) is 9. The molecule has 3 amide bonds. The number of para-hydroxylation sites is 1. The van der Waals surface area contributed by atoms with Crippen molar-refractivity contribution in [1.82, 2.24) is 20.9 Å². The van der Waals surface area contributed by atoms with Crippen molar-refractivity contribution in [3.63, 3.8) is 0 Å². The average molecular weight is 550 g/mol. The van der Waals surface area contributed by atoms with Gasteiger partial charge in [0.2, 0.25) is 17.7 Å². The normalized spacial score (nSPS) is 14.8. The minimum Gasteiger partial charge on any atom is -0.481 e. The Morgan fingerprint density at radius 3 is 2.13 bits per heavy atom. The van der Waals surface area contributed by atoms with E-state index in [1.54, 1.807) is 30.5 Å². The van der Waals surface area contributed by atoms with Gasteiger partial charge in [-0.3, -0.25) is 24.0 Å². The van der Waals surface area contributed by atoms with Gasteiger partial charge in [-0.15, -0.1) is 0 Å². The minimum atomic E-state index is -1.79. The summed E-state index contributed by atoms with van der Waals surface area (Å²) >= 11 is 0. The van der Waals surface area contributed by atoms with Crippen molar-refractivity contribution in [2.75, 3.05) is 0 Å². The first-order valence-corrected chi connectivity index (χ1v) is 11.9. The third-order valence-corrected chi connectivity index (χ3v) is 5.79. The number of rotatable bonds is 15. The molecule has 212 valence electrons. The van der Waals surface area contributed by atoms with Crippen molar-refractivity contribution < 1.29 is 49.2 Å². The topological polar surface area (TPSA) is 261 Å². The van der Waals surface area contributed by atoms with Crippen LogP contribution in [-0.4, -0.2) is 91.3 Å². The van der Waals surface area contributed by atoms with E-state index in [9.17, 15) is 39.0 Å². The van der Waals surface area contributed by atoms with Crippen LogP contribution in [0.2, 0.25) is 0 Å². The van der Waals surface area contributed by atoms with Gasteiger partial charge in [-0.2, -0.15) is 0 Å². The molecule has 0 aliphatic rings. The number of amides is 3. The highest BCUT2D eigenvalue weighted by atomic mass is 16.4. The Morgan fingerprint density at radius 1 is 0.897 bits per heavy atom. The first kappa shape index (κ1) is 30.7. The van der Waals surface area contributed by atoms with Crippen LogP contribution < -0.4 is 21.7 Å². The number of aromatic amines is 1. The molecule has 5 atom stereocenters. The number of carboxylic acid groups (broad SMARTS) is 3. The largest absolute Gasteiger partial charge is 0.481 e. The zero-order valence-corrected chi connectivity index (χ0v) is 20.9. The zero-order valence-electron chi connectivity index (χ0n) is 20.9. The van der Waals surface area contributed by atoms with Gasteiger partial charge in [0, 0.05) is 29.9 Å². The number of H-pyrrole nitrogens is 1. The summed E-state index contributed by atoms with van der Waals surface area (Å²) < 4.78 is 0. The highest BCUT2D eigenvalue weighted by Gasteiger charge is 2.33. The molecular formula is C24H31N5O10. The number of aliphatic hydroxyl groups excluding tert-OH is 1. The third kappa shape index (κ3) is 9.08. The second kappa shape index (κ2) is 13.9. The fraction of sp³-hybridized carbons (Fsp3) is 0.417. The summed E-state index contributed by atoms with van der Waals surface area (Å²) in [6.07, 6.45) is -1.63. The van der Waals surface area contributed by atoms with Crippen molar-refractivity contribution in [3.05, 3.63) is 36.0 Å². The summed E-state index contributed by atoms with van der Waals surface area (Å²) in [5, 5.41) is 44.6. The van der Waals surface area contributed by atoms with Gasteiger partial charge in [0.25, 0.3) is 0 Å². The van der Waals surface area contributed by atoms with Crippen LogP contribution in [0.4, 0.5) is 0 Å². The van der Waals surface area contributed by atoms with E-state index in [0.29, 0.717) is 10.9 Å². The Balaban J connectivity index is 2.29. The Morgan fingerprint density at radius 2 is 1.54 bits per heavy atom. The highest BCUT2D eigenvalue weighted by Crippen LogP contribution is 2.19. The number of aliphatic hydroxyl groups is 1. The van der Waals surface area contributed by atoms with Gasteiger partial charge in [0.05, 0.1) is 18.6 Å². The molecular weight excluding hydrogens is 518 g/mol. The summed E-state index contributed by atoms with van der Waals surface area (Å²) in [5.74, 6) is -7.22. The summed E-state index contributed by atoms with van der Waals surface area (Å²) in [5.41, 5.74) is 6.95. The molecule has 15 heteroatoms. The number of carbonyl (C=O) groups excluding carboxylic acids is 3. The lowest BCUT2D eigenvalue weighted by molar-refractivity contribution is -0.147. The third-order valence-electron chi connectivity index (χ3n) is 5.79. The van der Waals surface area contributed by atoms with Crippen LogP contribution in [0.3, 0.4) is 0 Å². The first-order chi connectivity index (χ1) is 18.3. The van der Waals surface area contributed by atoms with Gasteiger partial charge in [0.1, 0.15) is 18.1 Å². The monoisotopic (exact) mass is 549 g/mol. The molecule has 2 aromatic rings. The lowest BCUT2D eigenvalue weighted by Crippen LogP contribution is -2.60. The van der Waals surface area contributed by atoms with Crippen LogP contribution in [0.15, 0.2) is 30.5 Å². The van der Waals surface area contributed by atoms with Crippen LogP contribution in [0.1, 0.15) is 31.7 Å². The van der Waals surface area contributed by atoms with Crippen molar-refractivity contribution in [2.45, 2.75) is 62.9 Å². The number of aromatic nitrogens is 1. The number of hydrogen-bond acceptors (Lipinski definition) is 8. The molecule has 0 radical (unpaired) electrons. The molecule has 0 saturated carbocycles. The molecule has 1 heterocycles. The molecule has 15 nitrogen and oxygen atoms in total. The van der Waals surface area contributed by atoms with Crippen LogP contribution in [0, 0.1) is 0 Å². The van der Waals surface area contributed by atoms with Gasteiger partial charge < -0.3 is 47.1 Å². The van der Waals surface area contributed by atoms with Gasteiger partial charge in [-0.05, 0) is 25.0 Å². The van der Waals surface area contributed by atoms with Gasteiger partial charge in [-0.25, -0.2) is 4.79 Å². The average Bonchev–Trinajstić information content (AvgIpc) is 3.26. The van der Waals surface area contributed by atoms with E-state index in [1.165, 1.54) is 6.92 Å². The Labute approximate surface area is 221 Å². The molecule has 2 rings (SSSR count). The van der Waals surface area contributed by atoms with E-state index < -0.39 is 78.7 Å². The highest BCUT2D eigenvalue weighted by molar-refractivity contribution is 5.95. The van der Waals surface area contributed by atoms with Crippen LogP contribution >= 0.6 is 0 Å². The molecule has 0 saturated heterocycles. The Hall–Kier alpha value is -4.50. The summed E-state index contributed by atoms with van der Waals surface area (Å²) in [6, 6.07) is 0.880. The van der Waals surface area contributed by atoms with E-state index in [0.717, 1.165) is 5.52 Å². The first-order valence-electron chi connectivity index (χ1n) is 11.9. The van der Waals surface area contributed by atoms with Crippen LogP contribution in [-0.2, 0) is 35.2 Å². The number of nitrogens with one attached hydrogen (secondary N) is 4. The van der Waals surface area contributed by atoms with E-state index in [2.05, 4.69) is 20.9 Å². The lowest BCUT2D eigenvalue weighted by atomic mass is 10.0. The fourth-order valence-corrected chi connectivity index (χ4v) is 3.71.